The molecule has 0 spiro atoms. The number of aromatic nitrogens is 2. The number of amides is 2. The first kappa shape index (κ1) is 21.4. The van der Waals surface area contributed by atoms with Gasteiger partial charge < -0.3 is 10.6 Å². The van der Waals surface area contributed by atoms with Crippen molar-refractivity contribution in [1.29, 1.82) is 0 Å². The van der Waals surface area contributed by atoms with E-state index in [0.29, 0.717) is 32.0 Å². The largest absolute Gasteiger partial charge is 0.324 e. The van der Waals surface area contributed by atoms with E-state index in [-0.39, 0.29) is 5.91 Å². The van der Waals surface area contributed by atoms with Gasteiger partial charge in [0.1, 0.15) is 16.7 Å². The van der Waals surface area contributed by atoms with E-state index in [1.807, 2.05) is 18.2 Å². The first-order valence-electron chi connectivity index (χ1n) is 9.78. The van der Waals surface area contributed by atoms with Crippen LogP contribution in [-0.2, 0) is 4.79 Å². The second-order valence-electron chi connectivity index (χ2n) is 7.19. The van der Waals surface area contributed by atoms with Crippen LogP contribution in [0.15, 0.2) is 65.7 Å². The highest BCUT2D eigenvalue weighted by atomic mass is 32.1. The number of halogens is 1. The SMILES string of the molecule is Cc1c(C(=O)Nc2ccccc2)sc2ncn([C@@H](C)C(=O)Nc3ccc(F)cc3)c(=O)c12. The van der Waals surface area contributed by atoms with E-state index in [4.69, 9.17) is 0 Å². The van der Waals surface area contributed by atoms with Gasteiger partial charge in [-0.05, 0) is 55.8 Å². The number of para-hydroxylation sites is 1. The first-order valence-corrected chi connectivity index (χ1v) is 10.6. The van der Waals surface area contributed by atoms with Gasteiger partial charge >= 0.3 is 0 Å². The fourth-order valence-electron chi connectivity index (χ4n) is 3.25. The monoisotopic (exact) mass is 450 g/mol. The van der Waals surface area contributed by atoms with E-state index in [0.717, 1.165) is 11.3 Å². The lowest BCUT2D eigenvalue weighted by molar-refractivity contribution is -0.118. The third kappa shape index (κ3) is 4.15. The minimum atomic E-state index is -0.870. The molecular weight excluding hydrogens is 431 g/mol. The molecule has 2 N–H and O–H groups in total. The number of carbonyl (C=O) groups is 2. The molecule has 7 nitrogen and oxygen atoms in total. The van der Waals surface area contributed by atoms with Crippen molar-refractivity contribution >= 4 is 44.7 Å². The van der Waals surface area contributed by atoms with Gasteiger partial charge in [-0.25, -0.2) is 9.37 Å². The molecule has 0 fully saturated rings. The number of thiophene rings is 1. The van der Waals surface area contributed by atoms with Gasteiger partial charge in [0.15, 0.2) is 0 Å². The third-order valence-electron chi connectivity index (χ3n) is 5.02. The molecule has 162 valence electrons. The molecule has 1 atom stereocenters. The summed E-state index contributed by atoms with van der Waals surface area (Å²) in [5.41, 5.74) is 1.16. The Balaban J connectivity index is 1.62. The molecule has 4 aromatic rings. The molecular formula is C23H19FN4O3S. The predicted molar refractivity (Wildman–Crippen MR) is 123 cm³/mol. The van der Waals surface area contributed by atoms with Gasteiger partial charge in [0, 0.05) is 11.4 Å². The zero-order chi connectivity index (χ0) is 22.8. The fraction of sp³-hybridized carbons (Fsp3) is 0.130. The van der Waals surface area contributed by atoms with Crippen LogP contribution in [0.25, 0.3) is 10.2 Å². The zero-order valence-electron chi connectivity index (χ0n) is 17.3. The molecule has 0 aliphatic rings. The van der Waals surface area contributed by atoms with Crippen molar-refractivity contribution < 1.29 is 14.0 Å². The maximum Gasteiger partial charge on any atom is 0.266 e. The highest BCUT2D eigenvalue weighted by molar-refractivity contribution is 7.20. The molecule has 32 heavy (non-hydrogen) atoms. The van der Waals surface area contributed by atoms with Crippen LogP contribution in [0.4, 0.5) is 15.8 Å². The number of rotatable bonds is 5. The summed E-state index contributed by atoms with van der Waals surface area (Å²) < 4.78 is 14.3. The van der Waals surface area contributed by atoms with E-state index in [1.165, 1.54) is 35.2 Å². The Hall–Kier alpha value is -3.85. The van der Waals surface area contributed by atoms with Crippen molar-refractivity contribution in [2.75, 3.05) is 10.6 Å². The van der Waals surface area contributed by atoms with Crippen LogP contribution in [0, 0.1) is 12.7 Å². The quantitative estimate of drug-likeness (QED) is 0.473. The van der Waals surface area contributed by atoms with Gasteiger partial charge in [-0.3, -0.25) is 19.0 Å². The smallest absolute Gasteiger partial charge is 0.266 e. The summed E-state index contributed by atoms with van der Waals surface area (Å²) in [5, 5.41) is 5.77. The molecule has 0 saturated heterocycles. The molecule has 0 unspecified atom stereocenters. The molecule has 0 saturated carbocycles. The number of anilines is 2. The Bertz CT molecular complexity index is 1360. The maximum atomic E-state index is 13.2. The summed E-state index contributed by atoms with van der Waals surface area (Å²) in [6.07, 6.45) is 1.30. The highest BCUT2D eigenvalue weighted by Gasteiger charge is 2.23. The molecule has 9 heteroatoms. The lowest BCUT2D eigenvalue weighted by Gasteiger charge is -2.15. The van der Waals surface area contributed by atoms with Gasteiger partial charge in [0.25, 0.3) is 11.5 Å². The van der Waals surface area contributed by atoms with Gasteiger partial charge in [-0.15, -0.1) is 11.3 Å². The van der Waals surface area contributed by atoms with Gasteiger partial charge in [-0.2, -0.15) is 0 Å². The number of nitrogens with one attached hydrogen (secondary N) is 2. The molecule has 2 aromatic carbocycles. The Morgan fingerprint density at radius 2 is 1.69 bits per heavy atom. The highest BCUT2D eigenvalue weighted by Crippen LogP contribution is 2.28. The Morgan fingerprint density at radius 3 is 2.38 bits per heavy atom. The van der Waals surface area contributed by atoms with Crippen LogP contribution in [-0.4, -0.2) is 21.4 Å². The summed E-state index contributed by atoms with van der Waals surface area (Å²) >= 11 is 1.13. The number of hydrogen-bond acceptors (Lipinski definition) is 5. The topological polar surface area (TPSA) is 93.1 Å². The van der Waals surface area contributed by atoms with Crippen LogP contribution < -0.4 is 16.2 Å². The lowest BCUT2D eigenvalue weighted by Crippen LogP contribution is -2.31. The van der Waals surface area contributed by atoms with Crippen molar-refractivity contribution in [3.05, 3.63) is 87.5 Å². The summed E-state index contributed by atoms with van der Waals surface area (Å²) in [4.78, 5) is 43.6. The number of benzene rings is 2. The van der Waals surface area contributed by atoms with Crippen molar-refractivity contribution in [2.24, 2.45) is 0 Å². The average molecular weight is 450 g/mol. The normalized spacial score (nSPS) is 11.8. The zero-order valence-corrected chi connectivity index (χ0v) is 18.1. The van der Waals surface area contributed by atoms with Crippen molar-refractivity contribution in [3.63, 3.8) is 0 Å². The summed E-state index contributed by atoms with van der Waals surface area (Å²) in [7, 11) is 0. The summed E-state index contributed by atoms with van der Waals surface area (Å²) in [6.45, 7) is 3.26. The van der Waals surface area contributed by atoms with Crippen LogP contribution in [0.2, 0.25) is 0 Å². The van der Waals surface area contributed by atoms with E-state index in [2.05, 4.69) is 15.6 Å². The number of carbonyl (C=O) groups excluding carboxylic acids is 2. The number of nitrogens with zero attached hydrogens (tertiary/aromatic N) is 2. The van der Waals surface area contributed by atoms with Crippen molar-refractivity contribution in [2.45, 2.75) is 19.9 Å². The van der Waals surface area contributed by atoms with Crippen LogP contribution >= 0.6 is 11.3 Å². The minimum absolute atomic E-state index is 0.303. The molecule has 0 aliphatic heterocycles. The van der Waals surface area contributed by atoms with E-state index in [9.17, 15) is 18.8 Å². The first-order chi connectivity index (χ1) is 15.3. The number of fused-ring (bicyclic) bond motifs is 1. The van der Waals surface area contributed by atoms with Crippen LogP contribution in [0.3, 0.4) is 0 Å². The summed E-state index contributed by atoms with van der Waals surface area (Å²) in [5.74, 6) is -1.19. The van der Waals surface area contributed by atoms with Gasteiger partial charge in [-0.1, -0.05) is 18.2 Å². The van der Waals surface area contributed by atoms with Crippen molar-refractivity contribution in [1.82, 2.24) is 9.55 Å². The van der Waals surface area contributed by atoms with Gasteiger partial charge in [0.05, 0.1) is 16.6 Å². The predicted octanol–water partition coefficient (Wildman–Crippen LogP) is 4.36. The number of hydrogen-bond donors (Lipinski definition) is 2. The van der Waals surface area contributed by atoms with Gasteiger partial charge in [0.2, 0.25) is 5.91 Å². The second-order valence-corrected chi connectivity index (χ2v) is 8.18. The molecule has 4 rings (SSSR count). The molecule has 2 aromatic heterocycles. The molecule has 2 amide bonds. The van der Waals surface area contributed by atoms with Crippen LogP contribution in [0.1, 0.15) is 28.2 Å². The van der Waals surface area contributed by atoms with Crippen LogP contribution in [0.5, 0.6) is 0 Å². The fourth-order valence-corrected chi connectivity index (χ4v) is 4.28. The number of aryl methyl sites for hydroxylation is 1. The molecule has 0 radical (unpaired) electrons. The Kier molecular flexibility index (Phi) is 5.83. The van der Waals surface area contributed by atoms with Crippen molar-refractivity contribution in [3.8, 4) is 0 Å². The minimum Gasteiger partial charge on any atom is -0.324 e. The Morgan fingerprint density at radius 1 is 1.03 bits per heavy atom. The average Bonchev–Trinajstić information content (AvgIpc) is 3.13. The maximum absolute atomic E-state index is 13.2. The second kappa shape index (κ2) is 8.72. The third-order valence-corrected chi connectivity index (χ3v) is 6.22. The van der Waals surface area contributed by atoms with E-state index >= 15 is 0 Å². The van der Waals surface area contributed by atoms with E-state index in [1.54, 1.807) is 26.0 Å². The summed E-state index contributed by atoms with van der Waals surface area (Å²) in [6, 6.07) is 13.5. The molecule has 2 heterocycles. The molecule has 0 bridgehead atoms. The Labute approximate surface area is 186 Å². The molecule has 0 aliphatic carbocycles. The lowest BCUT2D eigenvalue weighted by atomic mass is 10.2. The van der Waals surface area contributed by atoms with E-state index < -0.39 is 23.3 Å². The standard InChI is InChI=1S/C23H19FN4O3S/c1-13-18-22(32-19(13)21(30)27-16-6-4-3-5-7-16)25-12-28(23(18)31)14(2)20(29)26-17-10-8-15(24)9-11-17/h3-12,14H,1-2H3,(H,26,29)(H,27,30)/t14-/m0/s1.